The van der Waals surface area contributed by atoms with Gasteiger partial charge in [0.25, 0.3) is 0 Å². The minimum absolute atomic E-state index is 0.00428. The lowest BCUT2D eigenvalue weighted by molar-refractivity contribution is -0.306. The second-order valence-corrected chi connectivity index (χ2v) is 11.8. The van der Waals surface area contributed by atoms with E-state index in [9.17, 15) is 20.4 Å². The van der Waals surface area contributed by atoms with Crippen LogP contribution in [-0.4, -0.2) is 143 Å². The van der Waals surface area contributed by atoms with Gasteiger partial charge in [0.2, 0.25) is 0 Å². The van der Waals surface area contributed by atoms with Crippen molar-refractivity contribution in [1.82, 2.24) is 10.6 Å². The number of nitrogens with two attached hydrogens (primary N) is 3. The van der Waals surface area contributed by atoms with Crippen LogP contribution in [0.1, 0.15) is 40.0 Å². The Morgan fingerprint density at radius 1 is 1.10 bits per heavy atom. The van der Waals surface area contributed by atoms with Crippen molar-refractivity contribution in [3.05, 3.63) is 0 Å². The van der Waals surface area contributed by atoms with E-state index < -0.39 is 72.4 Å². The topological polar surface area (TPSA) is 253 Å². The first kappa shape index (κ1) is 33.5. The SMILES string of the molecule is CN[C@@H]1C(O)[C@@H](OC2C(O)C(O[C@H]3O[C@H](CNCCO)CCC3N)[C@@H](N)C[C@H]2N=C(N)C(C)(C)O)OCC1(C)O. The lowest BCUT2D eigenvalue weighted by Crippen LogP contribution is -2.67. The number of ether oxygens (including phenoxy) is 4. The number of aliphatic hydroxyl groups excluding tert-OH is 3. The molecule has 6 unspecified atom stereocenters. The summed E-state index contributed by atoms with van der Waals surface area (Å²) in [4.78, 5) is 4.43. The van der Waals surface area contributed by atoms with Gasteiger partial charge >= 0.3 is 0 Å². The molecule has 12 atom stereocenters. The van der Waals surface area contributed by atoms with Crippen molar-refractivity contribution in [3.63, 3.8) is 0 Å². The average molecular weight is 579 g/mol. The standard InChI is InChI=1S/C25H50N6O9/c1-24(2,35)23(28)31-15-9-14(27)18(39-21-13(26)6-5-12(38-21)10-30-7-8-32)16(33)19(15)40-22-17(34)20(29-4)25(3,36)11-37-22/h12-22,29-30,32-36H,5-11,26-27H2,1-4H3,(H2,28,31)/t12-,13?,14-,15+,16?,17?,18?,19?,20+,21+,22+,25?/m0/s1. The van der Waals surface area contributed by atoms with Gasteiger partial charge in [-0.1, -0.05) is 0 Å². The molecule has 3 fully saturated rings. The third-order valence-electron chi connectivity index (χ3n) is 7.80. The third-order valence-corrected chi connectivity index (χ3v) is 7.80. The second-order valence-electron chi connectivity index (χ2n) is 11.8. The van der Waals surface area contributed by atoms with Crippen molar-refractivity contribution < 1.29 is 44.5 Å². The molecule has 3 rings (SSSR count). The maximum Gasteiger partial charge on any atom is 0.185 e. The Labute approximate surface area is 235 Å². The zero-order valence-electron chi connectivity index (χ0n) is 23.8. The Hall–Kier alpha value is -1.05. The normalized spacial score (nSPS) is 43.6. The highest BCUT2D eigenvalue weighted by atomic mass is 16.7. The minimum Gasteiger partial charge on any atom is -0.395 e. The van der Waals surface area contributed by atoms with Gasteiger partial charge in [0.1, 0.15) is 41.5 Å². The van der Waals surface area contributed by atoms with Crippen LogP contribution in [-0.2, 0) is 18.9 Å². The summed E-state index contributed by atoms with van der Waals surface area (Å²) >= 11 is 0. The first-order chi connectivity index (χ1) is 18.7. The van der Waals surface area contributed by atoms with Crippen LogP contribution in [0.25, 0.3) is 0 Å². The summed E-state index contributed by atoms with van der Waals surface area (Å²) in [5.74, 6) is -0.0816. The molecule has 2 heterocycles. The molecule has 234 valence electrons. The molecule has 15 heteroatoms. The number of aliphatic imine (C=N–C) groups is 1. The maximum absolute atomic E-state index is 11.5. The lowest BCUT2D eigenvalue weighted by atomic mass is 9.83. The smallest absolute Gasteiger partial charge is 0.185 e. The number of nitrogens with zero attached hydrogens (tertiary/aromatic N) is 1. The Bertz CT molecular complexity index is 831. The number of nitrogens with one attached hydrogen (secondary N) is 2. The summed E-state index contributed by atoms with van der Waals surface area (Å²) in [7, 11) is 1.60. The zero-order chi connectivity index (χ0) is 29.8. The number of hydrogen-bond donors (Lipinski definition) is 10. The largest absolute Gasteiger partial charge is 0.395 e. The molecule has 0 bridgehead atoms. The molecular weight excluding hydrogens is 528 g/mol. The number of aliphatic hydroxyl groups is 5. The van der Waals surface area contributed by atoms with E-state index in [0.717, 1.165) is 0 Å². The van der Waals surface area contributed by atoms with E-state index in [0.29, 0.717) is 25.9 Å². The van der Waals surface area contributed by atoms with Crippen LogP contribution in [0, 0.1) is 0 Å². The van der Waals surface area contributed by atoms with Crippen LogP contribution in [0.5, 0.6) is 0 Å². The van der Waals surface area contributed by atoms with Crippen LogP contribution in [0.15, 0.2) is 4.99 Å². The molecule has 15 nitrogen and oxygen atoms in total. The van der Waals surface area contributed by atoms with Crippen molar-refractivity contribution in [2.24, 2.45) is 22.2 Å². The molecule has 2 aliphatic heterocycles. The van der Waals surface area contributed by atoms with E-state index in [1.807, 2.05) is 0 Å². The number of rotatable bonds is 11. The fraction of sp³-hybridized carbons (Fsp3) is 0.960. The van der Waals surface area contributed by atoms with Crippen LogP contribution >= 0.6 is 0 Å². The number of amidine groups is 1. The highest BCUT2D eigenvalue weighted by Gasteiger charge is 2.51. The summed E-state index contributed by atoms with van der Waals surface area (Å²) in [5.41, 5.74) is 16.0. The highest BCUT2D eigenvalue weighted by Crippen LogP contribution is 2.33. The number of likely N-dealkylation sites (N-methyl/N-ethyl adjacent to an activating group) is 1. The van der Waals surface area contributed by atoms with Gasteiger partial charge in [-0.2, -0.15) is 0 Å². The fourth-order valence-corrected chi connectivity index (χ4v) is 5.40. The van der Waals surface area contributed by atoms with E-state index in [1.165, 1.54) is 20.8 Å². The monoisotopic (exact) mass is 578 g/mol. The summed E-state index contributed by atoms with van der Waals surface area (Å²) in [6, 6.07) is -2.80. The summed E-state index contributed by atoms with van der Waals surface area (Å²) in [6.45, 7) is 5.28. The molecule has 1 aliphatic carbocycles. The second kappa shape index (κ2) is 13.9. The van der Waals surface area contributed by atoms with Gasteiger partial charge in [0.15, 0.2) is 12.6 Å². The van der Waals surface area contributed by atoms with Crippen LogP contribution in [0.2, 0.25) is 0 Å². The maximum atomic E-state index is 11.5. The Balaban J connectivity index is 1.82. The lowest BCUT2D eigenvalue weighted by Gasteiger charge is -2.48. The molecule has 2 saturated heterocycles. The Morgan fingerprint density at radius 3 is 2.40 bits per heavy atom. The van der Waals surface area contributed by atoms with Gasteiger partial charge in [-0.05, 0) is 47.1 Å². The molecule has 1 saturated carbocycles. The van der Waals surface area contributed by atoms with Crippen molar-refractivity contribution in [3.8, 4) is 0 Å². The van der Waals surface area contributed by atoms with Gasteiger partial charge in [-0.15, -0.1) is 0 Å². The van der Waals surface area contributed by atoms with Gasteiger partial charge in [-0.3, -0.25) is 4.99 Å². The molecular formula is C25H50N6O9. The van der Waals surface area contributed by atoms with Crippen molar-refractivity contribution >= 4 is 5.84 Å². The van der Waals surface area contributed by atoms with Crippen molar-refractivity contribution in [2.75, 3.05) is 33.4 Å². The summed E-state index contributed by atoms with van der Waals surface area (Å²) in [6.07, 6.45) is -5.59. The van der Waals surface area contributed by atoms with E-state index in [-0.39, 0.29) is 31.6 Å². The molecule has 0 spiro atoms. The molecule has 13 N–H and O–H groups in total. The van der Waals surface area contributed by atoms with Crippen LogP contribution in [0.3, 0.4) is 0 Å². The molecule has 0 aromatic heterocycles. The van der Waals surface area contributed by atoms with E-state index >= 15 is 0 Å². The van der Waals surface area contributed by atoms with Gasteiger partial charge < -0.3 is 72.3 Å². The third kappa shape index (κ3) is 8.06. The van der Waals surface area contributed by atoms with E-state index in [2.05, 4.69) is 15.6 Å². The first-order valence-corrected chi connectivity index (χ1v) is 13.9. The van der Waals surface area contributed by atoms with Crippen LogP contribution in [0.4, 0.5) is 0 Å². The van der Waals surface area contributed by atoms with E-state index in [4.69, 9.17) is 41.3 Å². The fourth-order valence-electron chi connectivity index (χ4n) is 5.40. The minimum atomic E-state index is -1.44. The first-order valence-electron chi connectivity index (χ1n) is 13.9. The van der Waals surface area contributed by atoms with E-state index in [1.54, 1.807) is 7.05 Å². The molecule has 0 aromatic carbocycles. The predicted octanol–water partition coefficient (Wildman–Crippen LogP) is -4.18. The molecule has 0 aromatic rings. The van der Waals surface area contributed by atoms with Crippen molar-refractivity contribution in [2.45, 2.75) is 119 Å². The molecule has 0 amide bonds. The molecule has 40 heavy (non-hydrogen) atoms. The predicted molar refractivity (Wildman–Crippen MR) is 145 cm³/mol. The Kier molecular flexibility index (Phi) is 11.7. The Morgan fingerprint density at radius 2 is 1.77 bits per heavy atom. The average Bonchev–Trinajstić information content (AvgIpc) is 2.86. The molecule has 0 radical (unpaired) electrons. The summed E-state index contributed by atoms with van der Waals surface area (Å²) < 4.78 is 24.0. The molecule has 3 aliphatic rings. The summed E-state index contributed by atoms with van der Waals surface area (Å²) in [5, 5.41) is 58.5. The zero-order valence-corrected chi connectivity index (χ0v) is 23.8. The number of hydrogen-bond acceptors (Lipinski definition) is 14. The van der Waals surface area contributed by atoms with Gasteiger partial charge in [-0.25, -0.2) is 0 Å². The van der Waals surface area contributed by atoms with Crippen molar-refractivity contribution in [1.29, 1.82) is 0 Å². The van der Waals surface area contributed by atoms with Gasteiger partial charge in [0, 0.05) is 19.1 Å². The highest BCUT2D eigenvalue weighted by molar-refractivity contribution is 5.88. The van der Waals surface area contributed by atoms with Gasteiger partial charge in [0.05, 0.1) is 37.4 Å². The van der Waals surface area contributed by atoms with Crippen LogP contribution < -0.4 is 27.8 Å². The quantitative estimate of drug-likeness (QED) is 0.0634.